The zero-order valence-electron chi connectivity index (χ0n) is 13.6. The van der Waals surface area contributed by atoms with Gasteiger partial charge in [0.05, 0.1) is 0 Å². The Hall–Kier alpha value is -3.02. The fourth-order valence-electron chi connectivity index (χ4n) is 2.36. The second-order valence-electron chi connectivity index (χ2n) is 5.55. The van der Waals surface area contributed by atoms with Gasteiger partial charge < -0.3 is 9.47 Å². The molecule has 2 aromatic rings. The second kappa shape index (κ2) is 6.84. The number of aliphatic imine (C=N–C) groups is 1. The lowest BCUT2D eigenvalue weighted by molar-refractivity contribution is -0.129. The molecule has 25 heavy (non-hydrogen) atoms. The molecule has 1 heterocycles. The summed E-state index contributed by atoms with van der Waals surface area (Å²) < 4.78 is 34.6. The van der Waals surface area contributed by atoms with Crippen LogP contribution in [0.2, 0.25) is 0 Å². The average Bonchev–Trinajstić information content (AvgIpc) is 2.92. The molecule has 1 aliphatic heterocycles. The van der Waals surface area contributed by atoms with Crippen molar-refractivity contribution in [2.75, 3.05) is 0 Å². The Morgan fingerprint density at radius 3 is 2.60 bits per heavy atom. The topological polar surface area (TPSA) is 47.9 Å². The number of hydrogen-bond donors (Lipinski definition) is 0. The molecule has 0 spiro atoms. The lowest BCUT2D eigenvalue weighted by atomic mass is 10.1. The first-order chi connectivity index (χ1) is 11.9. The number of cyclic esters (lactones) is 1. The van der Waals surface area contributed by atoms with Crippen molar-refractivity contribution in [3.63, 3.8) is 0 Å². The van der Waals surface area contributed by atoms with Crippen LogP contribution in [0.5, 0.6) is 5.75 Å². The summed E-state index contributed by atoms with van der Waals surface area (Å²) in [7, 11) is 0. The molecule has 0 radical (unpaired) electrons. The van der Waals surface area contributed by atoms with Crippen molar-refractivity contribution in [3.05, 3.63) is 70.4 Å². The minimum atomic E-state index is -2.95. The third kappa shape index (κ3) is 3.74. The van der Waals surface area contributed by atoms with Gasteiger partial charge in [0.25, 0.3) is 0 Å². The lowest BCUT2D eigenvalue weighted by Gasteiger charge is -2.07. The number of halogens is 2. The van der Waals surface area contributed by atoms with Gasteiger partial charge in [0.1, 0.15) is 5.75 Å². The van der Waals surface area contributed by atoms with E-state index in [2.05, 4.69) is 9.73 Å². The molecule has 1 aliphatic rings. The van der Waals surface area contributed by atoms with Crippen LogP contribution in [0.4, 0.5) is 8.78 Å². The van der Waals surface area contributed by atoms with E-state index in [9.17, 15) is 13.6 Å². The number of alkyl halides is 2. The number of para-hydroxylation sites is 1. The quantitative estimate of drug-likeness (QED) is 0.616. The van der Waals surface area contributed by atoms with Crippen molar-refractivity contribution in [2.45, 2.75) is 20.5 Å². The fourth-order valence-corrected chi connectivity index (χ4v) is 2.36. The summed E-state index contributed by atoms with van der Waals surface area (Å²) in [5.41, 5.74) is 3.18. The number of rotatable bonds is 4. The van der Waals surface area contributed by atoms with Crippen molar-refractivity contribution < 1.29 is 23.0 Å². The Bertz CT molecular complexity index is 888. The molecule has 0 unspecified atom stereocenters. The molecule has 0 saturated heterocycles. The van der Waals surface area contributed by atoms with Gasteiger partial charge in [-0.1, -0.05) is 24.3 Å². The van der Waals surface area contributed by atoms with E-state index in [0.717, 1.165) is 11.1 Å². The van der Waals surface area contributed by atoms with Gasteiger partial charge in [0, 0.05) is 11.1 Å². The van der Waals surface area contributed by atoms with Crippen LogP contribution >= 0.6 is 0 Å². The Morgan fingerprint density at radius 1 is 1.12 bits per heavy atom. The van der Waals surface area contributed by atoms with Gasteiger partial charge in [0.2, 0.25) is 5.90 Å². The minimum Gasteiger partial charge on any atom is -0.434 e. The summed E-state index contributed by atoms with van der Waals surface area (Å²) in [6.45, 7) is 0.974. The molecule has 0 aromatic heterocycles. The third-order valence-electron chi connectivity index (χ3n) is 3.80. The highest BCUT2D eigenvalue weighted by Crippen LogP contribution is 2.26. The first-order valence-corrected chi connectivity index (χ1v) is 7.58. The maximum atomic E-state index is 12.5. The molecular formula is C19H15F2NO3. The van der Waals surface area contributed by atoms with E-state index < -0.39 is 12.6 Å². The van der Waals surface area contributed by atoms with Gasteiger partial charge in [-0.3, -0.25) is 0 Å². The van der Waals surface area contributed by atoms with Crippen LogP contribution < -0.4 is 4.74 Å². The Kier molecular flexibility index (Phi) is 4.61. The zero-order chi connectivity index (χ0) is 18.0. The standard InChI is InChI=1S/C19H15F2NO3/c1-11-7-8-14(9-12(11)2)17-22-15(18(23)25-17)10-13-5-3-4-6-16(13)24-19(20)21/h3-10,19H,1-2H3. The molecule has 4 nitrogen and oxygen atoms in total. The molecule has 0 amide bonds. The van der Waals surface area contributed by atoms with Crippen molar-refractivity contribution in [1.82, 2.24) is 0 Å². The van der Waals surface area contributed by atoms with Crippen LogP contribution in [0.15, 0.2) is 53.2 Å². The SMILES string of the molecule is Cc1ccc(C2=NC(=Cc3ccccc3OC(F)F)C(=O)O2)cc1C. The summed E-state index contributed by atoms with van der Waals surface area (Å²) in [5, 5.41) is 0. The average molecular weight is 343 g/mol. The van der Waals surface area contributed by atoms with E-state index in [-0.39, 0.29) is 17.3 Å². The molecule has 0 fully saturated rings. The zero-order valence-corrected chi connectivity index (χ0v) is 13.6. The molecule has 0 aliphatic carbocycles. The molecule has 128 valence electrons. The number of aryl methyl sites for hydroxylation is 2. The predicted octanol–water partition coefficient (Wildman–Crippen LogP) is 4.25. The number of benzene rings is 2. The second-order valence-corrected chi connectivity index (χ2v) is 5.55. The molecular weight excluding hydrogens is 328 g/mol. The van der Waals surface area contributed by atoms with Gasteiger partial charge in [-0.2, -0.15) is 8.78 Å². The van der Waals surface area contributed by atoms with Gasteiger partial charge in [-0.25, -0.2) is 9.79 Å². The highest BCUT2D eigenvalue weighted by atomic mass is 19.3. The van der Waals surface area contributed by atoms with E-state index in [0.29, 0.717) is 11.1 Å². The predicted molar refractivity (Wildman–Crippen MR) is 89.6 cm³/mol. The Labute approximate surface area is 143 Å². The molecule has 2 aromatic carbocycles. The van der Waals surface area contributed by atoms with E-state index >= 15 is 0 Å². The van der Waals surface area contributed by atoms with Crippen molar-refractivity contribution in [2.24, 2.45) is 4.99 Å². The van der Waals surface area contributed by atoms with Crippen LogP contribution in [0, 0.1) is 13.8 Å². The van der Waals surface area contributed by atoms with Crippen LogP contribution in [0.1, 0.15) is 22.3 Å². The highest BCUT2D eigenvalue weighted by molar-refractivity contribution is 6.13. The fraction of sp³-hybridized carbons (Fsp3) is 0.158. The normalized spacial score (nSPS) is 15.5. The molecule has 3 rings (SSSR count). The smallest absolute Gasteiger partial charge is 0.387 e. The summed E-state index contributed by atoms with van der Waals surface area (Å²) in [6, 6.07) is 11.8. The molecule has 0 atom stereocenters. The van der Waals surface area contributed by atoms with E-state index in [1.807, 2.05) is 32.0 Å². The number of carbonyl (C=O) groups is 1. The summed E-state index contributed by atoms with van der Waals surface area (Å²) in [5.74, 6) is -0.487. The molecule has 6 heteroatoms. The maximum Gasteiger partial charge on any atom is 0.387 e. The number of esters is 1. The monoisotopic (exact) mass is 343 g/mol. The number of ether oxygens (including phenoxy) is 2. The Balaban J connectivity index is 1.95. The van der Waals surface area contributed by atoms with E-state index in [4.69, 9.17) is 4.74 Å². The number of hydrogen-bond acceptors (Lipinski definition) is 4. The summed E-state index contributed by atoms with van der Waals surface area (Å²) in [4.78, 5) is 16.2. The number of carbonyl (C=O) groups excluding carboxylic acids is 1. The van der Waals surface area contributed by atoms with Crippen molar-refractivity contribution in [1.29, 1.82) is 0 Å². The van der Waals surface area contributed by atoms with Gasteiger partial charge in [-0.15, -0.1) is 0 Å². The highest BCUT2D eigenvalue weighted by Gasteiger charge is 2.25. The summed E-state index contributed by atoms with van der Waals surface area (Å²) >= 11 is 0. The summed E-state index contributed by atoms with van der Waals surface area (Å²) in [6.07, 6.45) is 1.37. The van der Waals surface area contributed by atoms with Gasteiger partial charge >= 0.3 is 12.6 Å². The van der Waals surface area contributed by atoms with Crippen LogP contribution in [-0.2, 0) is 9.53 Å². The third-order valence-corrected chi connectivity index (χ3v) is 3.80. The molecule has 0 saturated carbocycles. The minimum absolute atomic E-state index is 0.0264. The Morgan fingerprint density at radius 2 is 1.88 bits per heavy atom. The van der Waals surface area contributed by atoms with Crippen LogP contribution in [0.25, 0.3) is 6.08 Å². The first kappa shape index (κ1) is 16.8. The van der Waals surface area contributed by atoms with Crippen LogP contribution in [-0.4, -0.2) is 18.5 Å². The van der Waals surface area contributed by atoms with Crippen molar-refractivity contribution >= 4 is 17.9 Å². The molecule has 0 bridgehead atoms. The van der Waals surface area contributed by atoms with E-state index in [1.54, 1.807) is 18.2 Å². The first-order valence-electron chi connectivity index (χ1n) is 7.58. The van der Waals surface area contributed by atoms with Gasteiger partial charge in [0.15, 0.2) is 5.70 Å². The maximum absolute atomic E-state index is 12.5. The lowest BCUT2D eigenvalue weighted by Crippen LogP contribution is -2.06. The van der Waals surface area contributed by atoms with Gasteiger partial charge in [-0.05, 0) is 49.2 Å². The largest absolute Gasteiger partial charge is 0.434 e. The molecule has 0 N–H and O–H groups in total. The van der Waals surface area contributed by atoms with E-state index in [1.165, 1.54) is 12.1 Å². The van der Waals surface area contributed by atoms with Crippen LogP contribution in [0.3, 0.4) is 0 Å². The number of nitrogens with zero attached hydrogens (tertiary/aromatic N) is 1. The van der Waals surface area contributed by atoms with Crippen molar-refractivity contribution in [3.8, 4) is 5.75 Å².